The number of carbonyl (C=O) groups excluding carboxylic acids is 2. The van der Waals surface area contributed by atoms with E-state index in [0.29, 0.717) is 15.7 Å². The third kappa shape index (κ3) is 5.16. The lowest BCUT2D eigenvalue weighted by atomic mass is 9.53. The van der Waals surface area contributed by atoms with Crippen molar-refractivity contribution in [3.8, 4) is 11.4 Å². The molecule has 11 heteroatoms. The lowest BCUT2D eigenvalue weighted by molar-refractivity contribution is -0.498. The minimum atomic E-state index is -5.19. The van der Waals surface area contributed by atoms with Crippen molar-refractivity contribution >= 4 is 40.6 Å². The summed E-state index contributed by atoms with van der Waals surface area (Å²) in [5.41, 5.74) is 2.33. The molecule has 0 unspecified atom stereocenters. The first-order valence-electron chi connectivity index (χ1n) is 12.0. The van der Waals surface area contributed by atoms with Crippen LogP contribution in [0.5, 0.6) is 0 Å². The smallest absolute Gasteiger partial charge is 0.430 e. The van der Waals surface area contributed by atoms with Crippen LogP contribution in [0.3, 0.4) is 0 Å². The third-order valence-electron chi connectivity index (χ3n) is 7.67. The summed E-state index contributed by atoms with van der Waals surface area (Å²) in [6.45, 7) is 0. The van der Waals surface area contributed by atoms with Crippen LogP contribution in [0.4, 0.5) is 13.2 Å². The van der Waals surface area contributed by atoms with Crippen LogP contribution in [0.15, 0.2) is 42.6 Å². The number of pyridine rings is 1. The molecule has 0 radical (unpaired) electrons. The number of H-pyrrole nitrogens is 1. The van der Waals surface area contributed by atoms with Gasteiger partial charge in [-0.2, -0.15) is 17.6 Å². The number of aliphatic carboxylic acids is 1. The molecule has 0 saturated heterocycles. The Morgan fingerprint density at radius 2 is 1.59 bits per heavy atom. The molecule has 4 aliphatic carbocycles. The van der Waals surface area contributed by atoms with Gasteiger partial charge in [0.2, 0.25) is 5.69 Å². The van der Waals surface area contributed by atoms with Gasteiger partial charge in [0.15, 0.2) is 5.52 Å². The normalized spacial score (nSPS) is 26.0. The SMILES string of the molecule is O=C(NC12CC3CC(CC(C3)C1)C2)c1[nH]c(-c2ccc(Cl)c(Cl)c2)[n+]2ccccc12.O=C([O-])C(F)(F)F. The average molecular weight is 554 g/mol. The molecule has 0 spiro atoms. The van der Waals surface area contributed by atoms with E-state index < -0.39 is 12.1 Å². The fourth-order valence-electron chi connectivity index (χ4n) is 6.68. The number of imidazole rings is 1. The maximum atomic E-state index is 13.5. The van der Waals surface area contributed by atoms with E-state index in [1.807, 2.05) is 40.9 Å². The van der Waals surface area contributed by atoms with Crippen LogP contribution >= 0.6 is 23.2 Å². The van der Waals surface area contributed by atoms with Crippen molar-refractivity contribution < 1.29 is 32.3 Å². The van der Waals surface area contributed by atoms with Crippen LogP contribution < -0.4 is 14.8 Å². The minimum absolute atomic E-state index is 0.00744. The fourth-order valence-corrected chi connectivity index (χ4v) is 6.98. The number of halogens is 5. The molecule has 1 amide bonds. The number of hydrogen-bond acceptors (Lipinski definition) is 3. The van der Waals surface area contributed by atoms with E-state index in [0.717, 1.165) is 53.9 Å². The van der Waals surface area contributed by atoms with Gasteiger partial charge in [-0.25, -0.2) is 4.98 Å². The Balaban J connectivity index is 0.000000355. The highest BCUT2D eigenvalue weighted by atomic mass is 35.5. The van der Waals surface area contributed by atoms with Crippen LogP contribution in [0.2, 0.25) is 10.0 Å². The fraction of sp³-hybridized carbons (Fsp3) is 0.423. The zero-order valence-electron chi connectivity index (χ0n) is 19.6. The Labute approximate surface area is 220 Å². The average Bonchev–Trinajstić information content (AvgIpc) is 3.19. The number of rotatable bonds is 3. The summed E-state index contributed by atoms with van der Waals surface area (Å²) >= 11 is 12.4. The quantitative estimate of drug-likeness (QED) is 0.460. The highest BCUT2D eigenvalue weighted by Gasteiger charge is 2.52. The number of aromatic amines is 1. The zero-order chi connectivity index (χ0) is 26.5. The van der Waals surface area contributed by atoms with E-state index in [9.17, 15) is 18.0 Å². The van der Waals surface area contributed by atoms with Crippen molar-refractivity contribution in [3.05, 3.63) is 58.3 Å². The van der Waals surface area contributed by atoms with E-state index in [4.69, 9.17) is 33.1 Å². The van der Waals surface area contributed by atoms with E-state index >= 15 is 0 Å². The first-order chi connectivity index (χ1) is 17.4. The molecule has 2 aromatic heterocycles. The number of amides is 1. The molecule has 4 saturated carbocycles. The van der Waals surface area contributed by atoms with E-state index in [2.05, 4.69) is 10.3 Å². The summed E-state index contributed by atoms with van der Waals surface area (Å²) < 4.78 is 33.6. The Kier molecular flexibility index (Phi) is 6.64. The van der Waals surface area contributed by atoms with Gasteiger partial charge in [0.1, 0.15) is 5.97 Å². The second-order valence-electron chi connectivity index (χ2n) is 10.4. The molecule has 4 bridgehead atoms. The molecule has 0 aliphatic heterocycles. The van der Waals surface area contributed by atoms with Crippen LogP contribution in [0.1, 0.15) is 49.0 Å². The molecular formula is C26H24Cl2F3N3O3. The Morgan fingerprint density at radius 1 is 1.00 bits per heavy atom. The Bertz CT molecular complexity index is 1340. The largest absolute Gasteiger partial charge is 0.542 e. The number of fused-ring (bicyclic) bond motifs is 1. The molecule has 7 rings (SSSR count). The number of carboxylic acids is 1. The van der Waals surface area contributed by atoms with Crippen molar-refractivity contribution in [1.82, 2.24) is 10.3 Å². The molecule has 0 atom stereocenters. The van der Waals surface area contributed by atoms with Gasteiger partial charge in [0.25, 0.3) is 11.7 Å². The van der Waals surface area contributed by atoms with Crippen molar-refractivity contribution in [2.24, 2.45) is 17.8 Å². The molecule has 37 heavy (non-hydrogen) atoms. The number of alkyl halides is 3. The van der Waals surface area contributed by atoms with Crippen molar-refractivity contribution in [3.63, 3.8) is 0 Å². The number of carbonyl (C=O) groups is 2. The maximum Gasteiger partial charge on any atom is 0.430 e. The number of benzene rings is 1. The summed E-state index contributed by atoms with van der Waals surface area (Å²) in [6, 6.07) is 11.4. The van der Waals surface area contributed by atoms with Crippen LogP contribution in [-0.4, -0.2) is 28.6 Å². The zero-order valence-corrected chi connectivity index (χ0v) is 21.1. The molecule has 4 fully saturated rings. The monoisotopic (exact) mass is 553 g/mol. The second-order valence-corrected chi connectivity index (χ2v) is 11.2. The first-order valence-corrected chi connectivity index (χ1v) is 12.8. The van der Waals surface area contributed by atoms with Gasteiger partial charge in [-0.05, 0) is 86.6 Å². The van der Waals surface area contributed by atoms with Gasteiger partial charge in [0, 0.05) is 5.54 Å². The Hall–Kier alpha value is -2.78. The number of hydrogen-bond donors (Lipinski definition) is 2. The van der Waals surface area contributed by atoms with E-state index in [1.54, 1.807) is 6.07 Å². The standard InChI is InChI=1S/C24H23Cl2N3O.C2HF3O2/c25-18-5-4-17(10-19(18)26)22-27-21(20-3-1-2-6-29(20)22)23(30)28-24-11-14-7-15(12-24)9-16(8-14)13-24;3-2(4,5)1(6)7/h1-6,10,14-16H,7-9,11-13H2,(H,28,30);(H,6,7). The molecule has 3 aromatic rings. The highest BCUT2D eigenvalue weighted by Crippen LogP contribution is 2.55. The summed E-state index contributed by atoms with van der Waals surface area (Å²) in [5, 5.41) is 13.3. The molecular weight excluding hydrogens is 530 g/mol. The van der Waals surface area contributed by atoms with Crippen molar-refractivity contribution in [2.45, 2.75) is 50.2 Å². The molecule has 4 aliphatic rings. The molecule has 1 aromatic carbocycles. The van der Waals surface area contributed by atoms with Gasteiger partial charge in [-0.1, -0.05) is 29.3 Å². The number of carboxylic acid groups (broad SMARTS) is 1. The number of nitrogens with zero attached hydrogens (tertiary/aromatic N) is 1. The summed E-state index contributed by atoms with van der Waals surface area (Å²) in [5.74, 6) is 0.175. The lowest BCUT2D eigenvalue weighted by Crippen LogP contribution is -2.59. The predicted molar refractivity (Wildman–Crippen MR) is 129 cm³/mol. The van der Waals surface area contributed by atoms with Gasteiger partial charge < -0.3 is 15.2 Å². The van der Waals surface area contributed by atoms with Crippen molar-refractivity contribution in [2.75, 3.05) is 0 Å². The Morgan fingerprint density at radius 3 is 2.14 bits per heavy atom. The number of nitrogens with one attached hydrogen (secondary N) is 2. The molecule has 2 heterocycles. The minimum Gasteiger partial charge on any atom is -0.542 e. The van der Waals surface area contributed by atoms with Crippen LogP contribution in [0, 0.1) is 17.8 Å². The van der Waals surface area contributed by atoms with Gasteiger partial charge in [-0.3, -0.25) is 4.79 Å². The van der Waals surface area contributed by atoms with Gasteiger partial charge in [-0.15, -0.1) is 0 Å². The molecule has 2 N–H and O–H groups in total. The molecule has 6 nitrogen and oxygen atoms in total. The maximum absolute atomic E-state index is 13.5. The predicted octanol–water partition coefficient (Wildman–Crippen LogP) is 4.72. The topological polar surface area (TPSA) is 89.1 Å². The van der Waals surface area contributed by atoms with Crippen LogP contribution in [0.25, 0.3) is 16.9 Å². The van der Waals surface area contributed by atoms with Crippen LogP contribution in [-0.2, 0) is 4.79 Å². The number of aromatic nitrogens is 2. The second kappa shape index (κ2) is 9.51. The summed E-state index contributed by atoms with van der Waals surface area (Å²) in [4.78, 5) is 25.7. The lowest BCUT2D eigenvalue weighted by Gasteiger charge is -2.56. The first kappa shape index (κ1) is 25.9. The summed E-state index contributed by atoms with van der Waals surface area (Å²) in [6.07, 6.45) is 4.25. The third-order valence-corrected chi connectivity index (χ3v) is 8.41. The highest BCUT2D eigenvalue weighted by molar-refractivity contribution is 6.42. The van der Waals surface area contributed by atoms with Gasteiger partial charge in [0.05, 0.1) is 21.8 Å². The van der Waals surface area contributed by atoms with E-state index in [1.165, 1.54) is 19.3 Å². The van der Waals surface area contributed by atoms with Gasteiger partial charge >= 0.3 is 6.18 Å². The van der Waals surface area contributed by atoms with Crippen molar-refractivity contribution in [1.29, 1.82) is 0 Å². The molecule has 196 valence electrons. The van der Waals surface area contributed by atoms with E-state index in [-0.39, 0.29) is 11.4 Å². The summed E-state index contributed by atoms with van der Waals surface area (Å²) in [7, 11) is 0.